The zero-order chi connectivity index (χ0) is 19.7. The smallest absolute Gasteiger partial charge is 0.259 e. The van der Waals surface area contributed by atoms with E-state index in [0.717, 1.165) is 35.2 Å². The van der Waals surface area contributed by atoms with Crippen LogP contribution in [-0.4, -0.2) is 10.9 Å². The number of rotatable bonds is 4. The van der Waals surface area contributed by atoms with Crippen LogP contribution in [0.25, 0.3) is 0 Å². The van der Waals surface area contributed by atoms with Gasteiger partial charge in [-0.05, 0) is 64.8 Å². The lowest BCUT2D eigenvalue weighted by atomic mass is 9.87. The maximum absolute atomic E-state index is 13.2. The SMILES string of the molecule is CC(C)(C)c1ccc(N2Cc3cccc(CCc4ccncc4)c3C2=O)cc1. The van der Waals surface area contributed by atoms with Crippen LogP contribution in [0.15, 0.2) is 67.0 Å². The van der Waals surface area contributed by atoms with Gasteiger partial charge in [0, 0.05) is 23.6 Å². The first-order chi connectivity index (χ1) is 13.4. The average Bonchev–Trinajstić information content (AvgIpc) is 3.04. The van der Waals surface area contributed by atoms with E-state index in [0.29, 0.717) is 6.54 Å². The fraction of sp³-hybridized carbons (Fsp3) is 0.280. The third-order valence-corrected chi connectivity index (χ3v) is 5.50. The molecule has 0 radical (unpaired) electrons. The van der Waals surface area contributed by atoms with E-state index >= 15 is 0 Å². The molecule has 0 spiro atoms. The molecule has 142 valence electrons. The zero-order valence-corrected chi connectivity index (χ0v) is 16.8. The molecule has 1 aromatic heterocycles. The summed E-state index contributed by atoms with van der Waals surface area (Å²) in [7, 11) is 0. The van der Waals surface area contributed by atoms with Crippen molar-refractivity contribution in [1.82, 2.24) is 4.98 Å². The minimum absolute atomic E-state index is 0.108. The Kier molecular flexibility index (Phi) is 4.76. The van der Waals surface area contributed by atoms with E-state index < -0.39 is 0 Å². The number of carbonyl (C=O) groups is 1. The molecule has 0 saturated heterocycles. The molecule has 0 bridgehead atoms. The van der Waals surface area contributed by atoms with Crippen molar-refractivity contribution in [1.29, 1.82) is 0 Å². The Morgan fingerprint density at radius 2 is 1.64 bits per heavy atom. The van der Waals surface area contributed by atoms with Gasteiger partial charge in [-0.3, -0.25) is 9.78 Å². The molecule has 2 aromatic carbocycles. The summed E-state index contributed by atoms with van der Waals surface area (Å²) in [6.45, 7) is 7.25. The highest BCUT2D eigenvalue weighted by Gasteiger charge is 2.30. The Bertz CT molecular complexity index is 985. The van der Waals surface area contributed by atoms with Gasteiger partial charge in [-0.1, -0.05) is 51.1 Å². The maximum Gasteiger partial charge on any atom is 0.259 e. The molecule has 0 fully saturated rings. The number of pyridine rings is 1. The van der Waals surface area contributed by atoms with E-state index in [-0.39, 0.29) is 11.3 Å². The lowest BCUT2D eigenvalue weighted by Gasteiger charge is -2.21. The van der Waals surface area contributed by atoms with Crippen LogP contribution in [0, 0.1) is 0 Å². The van der Waals surface area contributed by atoms with Gasteiger partial charge in [0.25, 0.3) is 5.91 Å². The third-order valence-electron chi connectivity index (χ3n) is 5.50. The van der Waals surface area contributed by atoms with E-state index in [4.69, 9.17) is 0 Å². The molecule has 4 rings (SSSR count). The van der Waals surface area contributed by atoms with Crippen LogP contribution in [0.5, 0.6) is 0 Å². The van der Waals surface area contributed by atoms with Crippen molar-refractivity contribution in [3.63, 3.8) is 0 Å². The minimum Gasteiger partial charge on any atom is -0.304 e. The largest absolute Gasteiger partial charge is 0.304 e. The van der Waals surface area contributed by atoms with E-state index in [1.54, 1.807) is 0 Å². The number of nitrogens with zero attached hydrogens (tertiary/aromatic N) is 2. The van der Waals surface area contributed by atoms with E-state index in [9.17, 15) is 4.79 Å². The molecule has 0 saturated carbocycles. The monoisotopic (exact) mass is 370 g/mol. The summed E-state index contributed by atoms with van der Waals surface area (Å²) >= 11 is 0. The second-order valence-corrected chi connectivity index (χ2v) is 8.49. The van der Waals surface area contributed by atoms with Gasteiger partial charge < -0.3 is 4.90 Å². The van der Waals surface area contributed by atoms with Crippen molar-refractivity contribution in [2.75, 3.05) is 4.90 Å². The molecule has 1 aliphatic heterocycles. The molecule has 0 aliphatic carbocycles. The summed E-state index contributed by atoms with van der Waals surface area (Å²) in [5.41, 5.74) is 6.73. The minimum atomic E-state index is 0.108. The number of carbonyl (C=O) groups excluding carboxylic acids is 1. The number of aryl methyl sites for hydroxylation is 2. The fourth-order valence-electron chi connectivity index (χ4n) is 3.82. The molecular weight excluding hydrogens is 344 g/mol. The molecule has 28 heavy (non-hydrogen) atoms. The summed E-state index contributed by atoms with van der Waals surface area (Å²) in [5, 5.41) is 0. The van der Waals surface area contributed by atoms with Crippen LogP contribution in [0.1, 0.15) is 53.4 Å². The molecule has 0 unspecified atom stereocenters. The lowest BCUT2D eigenvalue weighted by molar-refractivity contribution is 0.0996. The highest BCUT2D eigenvalue weighted by atomic mass is 16.2. The Morgan fingerprint density at radius 3 is 2.32 bits per heavy atom. The molecule has 1 aliphatic rings. The van der Waals surface area contributed by atoms with Gasteiger partial charge >= 0.3 is 0 Å². The number of amides is 1. The topological polar surface area (TPSA) is 33.2 Å². The van der Waals surface area contributed by atoms with Crippen LogP contribution >= 0.6 is 0 Å². The van der Waals surface area contributed by atoms with Crippen LogP contribution in [0.3, 0.4) is 0 Å². The highest BCUT2D eigenvalue weighted by molar-refractivity contribution is 6.11. The van der Waals surface area contributed by atoms with Crippen LogP contribution in [-0.2, 0) is 24.8 Å². The van der Waals surface area contributed by atoms with Gasteiger partial charge in [0.2, 0.25) is 0 Å². The van der Waals surface area contributed by atoms with E-state index in [1.165, 1.54) is 11.1 Å². The Labute approximate surface area is 167 Å². The summed E-state index contributed by atoms with van der Waals surface area (Å²) in [6, 6.07) is 18.7. The molecular formula is C25H26N2O. The van der Waals surface area contributed by atoms with Crippen molar-refractivity contribution in [2.24, 2.45) is 0 Å². The summed E-state index contributed by atoms with van der Waals surface area (Å²) in [5.74, 6) is 0.115. The number of hydrogen-bond acceptors (Lipinski definition) is 2. The van der Waals surface area contributed by atoms with Crippen LogP contribution in [0.4, 0.5) is 5.69 Å². The third kappa shape index (κ3) is 3.57. The van der Waals surface area contributed by atoms with E-state index in [2.05, 4.69) is 68.2 Å². The van der Waals surface area contributed by atoms with Gasteiger partial charge in [0.15, 0.2) is 0 Å². The number of benzene rings is 2. The Balaban J connectivity index is 1.57. The molecule has 3 nitrogen and oxygen atoms in total. The van der Waals surface area contributed by atoms with Crippen molar-refractivity contribution >= 4 is 11.6 Å². The molecule has 2 heterocycles. The predicted octanol–water partition coefficient (Wildman–Crippen LogP) is 5.32. The summed E-state index contributed by atoms with van der Waals surface area (Å²) in [4.78, 5) is 19.2. The normalized spacial score (nSPS) is 13.7. The number of aromatic nitrogens is 1. The first kappa shape index (κ1) is 18.4. The number of hydrogen-bond donors (Lipinski definition) is 0. The Morgan fingerprint density at radius 1 is 0.929 bits per heavy atom. The van der Waals surface area contributed by atoms with Crippen molar-refractivity contribution in [2.45, 2.75) is 45.6 Å². The molecule has 0 N–H and O–H groups in total. The lowest BCUT2D eigenvalue weighted by Crippen LogP contribution is -2.23. The zero-order valence-electron chi connectivity index (χ0n) is 16.8. The molecule has 0 atom stereocenters. The second kappa shape index (κ2) is 7.23. The van der Waals surface area contributed by atoms with Gasteiger partial charge in [-0.25, -0.2) is 0 Å². The predicted molar refractivity (Wildman–Crippen MR) is 114 cm³/mol. The number of anilines is 1. The van der Waals surface area contributed by atoms with Gasteiger partial charge in [0.1, 0.15) is 0 Å². The fourth-order valence-corrected chi connectivity index (χ4v) is 3.82. The molecule has 1 amide bonds. The van der Waals surface area contributed by atoms with E-state index in [1.807, 2.05) is 29.4 Å². The van der Waals surface area contributed by atoms with Crippen molar-refractivity contribution < 1.29 is 4.79 Å². The van der Waals surface area contributed by atoms with Gasteiger partial charge in [-0.2, -0.15) is 0 Å². The van der Waals surface area contributed by atoms with Crippen molar-refractivity contribution in [3.05, 3.63) is 94.8 Å². The molecule has 3 heteroatoms. The quantitative estimate of drug-likeness (QED) is 0.622. The number of fused-ring (bicyclic) bond motifs is 1. The standard InChI is InChI=1S/C25H26N2O/c1-25(2,3)21-9-11-22(12-10-21)27-17-20-6-4-5-19(23(20)24(27)28)8-7-18-13-15-26-16-14-18/h4-6,9-16H,7-8,17H2,1-3H3. The first-order valence-electron chi connectivity index (χ1n) is 9.85. The summed E-state index contributed by atoms with van der Waals surface area (Å²) < 4.78 is 0. The molecule has 3 aromatic rings. The van der Waals surface area contributed by atoms with Gasteiger partial charge in [-0.15, -0.1) is 0 Å². The van der Waals surface area contributed by atoms with Crippen molar-refractivity contribution in [3.8, 4) is 0 Å². The maximum atomic E-state index is 13.2. The highest BCUT2D eigenvalue weighted by Crippen LogP contribution is 2.32. The average molecular weight is 370 g/mol. The second-order valence-electron chi connectivity index (χ2n) is 8.49. The summed E-state index contributed by atoms with van der Waals surface area (Å²) in [6.07, 6.45) is 5.40. The van der Waals surface area contributed by atoms with Gasteiger partial charge in [0.05, 0.1) is 6.54 Å². The van der Waals surface area contributed by atoms with Crippen LogP contribution in [0.2, 0.25) is 0 Å². The Hall–Kier alpha value is -2.94. The first-order valence-corrected chi connectivity index (χ1v) is 9.85. The van der Waals surface area contributed by atoms with Crippen LogP contribution < -0.4 is 4.90 Å².